The molecule has 2 N–H and O–H groups in total. The van der Waals surface area contributed by atoms with E-state index in [0.717, 1.165) is 28.0 Å². The topological polar surface area (TPSA) is 76.1 Å². The molecule has 2 aromatic heterocycles. The van der Waals surface area contributed by atoms with Gasteiger partial charge in [0, 0.05) is 42.6 Å². The Labute approximate surface area is 181 Å². The fourth-order valence-electron chi connectivity index (χ4n) is 3.11. The van der Waals surface area contributed by atoms with Crippen molar-refractivity contribution in [2.45, 2.75) is 13.2 Å². The number of anilines is 1. The minimum Gasteiger partial charge on any atom is -0.489 e. The second kappa shape index (κ2) is 10.0. The molecule has 2 aromatic carbocycles. The average Bonchev–Trinajstić information content (AvgIpc) is 2.84. The fraction of sp³-hybridized carbons (Fsp3) is 0.0800. The molecule has 0 saturated carbocycles. The summed E-state index contributed by atoms with van der Waals surface area (Å²) in [6.45, 7) is 0.848. The van der Waals surface area contributed by atoms with Gasteiger partial charge in [0.05, 0.1) is 0 Å². The first-order valence-corrected chi connectivity index (χ1v) is 9.93. The van der Waals surface area contributed by atoms with Crippen molar-refractivity contribution in [3.63, 3.8) is 0 Å². The van der Waals surface area contributed by atoms with Crippen molar-refractivity contribution in [1.82, 2.24) is 15.3 Å². The van der Waals surface area contributed by atoms with Gasteiger partial charge in [-0.3, -0.25) is 9.97 Å². The van der Waals surface area contributed by atoms with E-state index < -0.39 is 0 Å². The minimum absolute atomic E-state index is 0.275. The summed E-state index contributed by atoms with van der Waals surface area (Å²) in [4.78, 5) is 20.3. The third-order valence-electron chi connectivity index (χ3n) is 4.67. The van der Waals surface area contributed by atoms with Gasteiger partial charge in [-0.2, -0.15) is 0 Å². The van der Waals surface area contributed by atoms with Gasteiger partial charge in [0.1, 0.15) is 12.4 Å². The van der Waals surface area contributed by atoms with Crippen LogP contribution in [-0.4, -0.2) is 16.0 Å². The number of pyridine rings is 2. The number of ether oxygens (including phenoxy) is 1. The van der Waals surface area contributed by atoms with Crippen molar-refractivity contribution in [2.75, 3.05) is 5.32 Å². The molecule has 0 bridgehead atoms. The van der Waals surface area contributed by atoms with Crippen molar-refractivity contribution in [1.29, 1.82) is 0 Å². The number of nitrogens with zero attached hydrogens (tertiary/aromatic N) is 2. The van der Waals surface area contributed by atoms with Gasteiger partial charge >= 0.3 is 6.03 Å². The largest absolute Gasteiger partial charge is 0.489 e. The quantitative estimate of drug-likeness (QED) is 0.447. The Bertz CT molecular complexity index is 1120. The van der Waals surface area contributed by atoms with Crippen LogP contribution in [0.1, 0.15) is 11.1 Å². The summed E-state index contributed by atoms with van der Waals surface area (Å²) in [5, 5.41) is 5.61. The normalized spacial score (nSPS) is 10.3. The predicted molar refractivity (Wildman–Crippen MR) is 121 cm³/mol. The maximum Gasteiger partial charge on any atom is 0.319 e. The second-order valence-electron chi connectivity index (χ2n) is 6.88. The molecule has 0 spiro atoms. The van der Waals surface area contributed by atoms with E-state index in [1.54, 1.807) is 18.6 Å². The van der Waals surface area contributed by atoms with Crippen LogP contribution in [0.5, 0.6) is 5.75 Å². The molecule has 0 radical (unpaired) electrons. The van der Waals surface area contributed by atoms with Crippen LogP contribution in [0, 0.1) is 0 Å². The molecule has 0 aliphatic heterocycles. The van der Waals surface area contributed by atoms with E-state index in [2.05, 4.69) is 26.7 Å². The summed E-state index contributed by atoms with van der Waals surface area (Å²) in [6, 6.07) is 22.8. The Kier molecular flexibility index (Phi) is 6.50. The monoisotopic (exact) mass is 410 g/mol. The van der Waals surface area contributed by atoms with E-state index in [-0.39, 0.29) is 6.03 Å². The van der Waals surface area contributed by atoms with Crippen molar-refractivity contribution in [2.24, 2.45) is 0 Å². The molecule has 0 aliphatic rings. The lowest BCUT2D eigenvalue weighted by Crippen LogP contribution is -2.28. The van der Waals surface area contributed by atoms with E-state index in [1.807, 2.05) is 72.9 Å². The van der Waals surface area contributed by atoms with Crippen molar-refractivity contribution < 1.29 is 9.53 Å². The van der Waals surface area contributed by atoms with Gasteiger partial charge in [0.25, 0.3) is 0 Å². The number of benzene rings is 2. The minimum atomic E-state index is -0.275. The highest BCUT2D eigenvalue weighted by atomic mass is 16.5. The summed E-state index contributed by atoms with van der Waals surface area (Å²) in [5.74, 6) is 0.724. The average molecular weight is 410 g/mol. The van der Waals surface area contributed by atoms with Crippen molar-refractivity contribution in [3.8, 4) is 16.9 Å². The van der Waals surface area contributed by atoms with Gasteiger partial charge in [0.2, 0.25) is 0 Å². The summed E-state index contributed by atoms with van der Waals surface area (Å²) in [7, 11) is 0. The Morgan fingerprint density at radius 2 is 1.61 bits per heavy atom. The standard InChI is InChI=1S/C25H22N4O2/c30-25(28-16-19-5-3-13-26-15-19)29-22-9-11-23(12-10-22)31-18-21-6-1-2-8-24(21)20-7-4-14-27-17-20/h1-15,17H,16,18H2,(H2,28,29,30). The molecule has 4 aromatic rings. The van der Waals surface area contributed by atoms with Crippen LogP contribution >= 0.6 is 0 Å². The molecular formula is C25H22N4O2. The van der Waals surface area contributed by atoms with Gasteiger partial charge in [-0.05, 0) is 53.1 Å². The number of carbonyl (C=O) groups excluding carboxylic acids is 1. The molecule has 2 amide bonds. The third-order valence-corrected chi connectivity index (χ3v) is 4.67. The summed E-state index contributed by atoms with van der Waals surface area (Å²) in [6.07, 6.45) is 7.03. The molecule has 154 valence electrons. The van der Waals surface area contributed by atoms with Gasteiger partial charge in [-0.1, -0.05) is 36.4 Å². The van der Waals surface area contributed by atoms with Crippen LogP contribution < -0.4 is 15.4 Å². The lowest BCUT2D eigenvalue weighted by atomic mass is 10.0. The summed E-state index contributed by atoms with van der Waals surface area (Å²) < 4.78 is 5.96. The molecule has 4 rings (SSSR count). The van der Waals surface area contributed by atoms with Crippen LogP contribution in [0.4, 0.5) is 10.5 Å². The fourth-order valence-corrected chi connectivity index (χ4v) is 3.11. The Morgan fingerprint density at radius 1 is 0.839 bits per heavy atom. The highest BCUT2D eigenvalue weighted by Crippen LogP contribution is 2.24. The molecule has 0 unspecified atom stereocenters. The van der Waals surface area contributed by atoms with Crippen LogP contribution in [-0.2, 0) is 13.2 Å². The highest BCUT2D eigenvalue weighted by Gasteiger charge is 2.06. The van der Waals surface area contributed by atoms with Crippen LogP contribution in [0.2, 0.25) is 0 Å². The first-order valence-electron chi connectivity index (χ1n) is 9.93. The lowest BCUT2D eigenvalue weighted by molar-refractivity contribution is 0.251. The predicted octanol–water partition coefficient (Wildman–Crippen LogP) is 5.04. The Morgan fingerprint density at radius 3 is 2.35 bits per heavy atom. The second-order valence-corrected chi connectivity index (χ2v) is 6.88. The van der Waals surface area contributed by atoms with Crippen LogP contribution in [0.25, 0.3) is 11.1 Å². The van der Waals surface area contributed by atoms with E-state index >= 15 is 0 Å². The number of carbonyl (C=O) groups is 1. The Hall–Kier alpha value is -4.19. The number of rotatable bonds is 7. The zero-order chi connectivity index (χ0) is 21.3. The lowest BCUT2D eigenvalue weighted by Gasteiger charge is -2.12. The number of hydrogen-bond donors (Lipinski definition) is 2. The first kappa shape index (κ1) is 20.1. The molecular weight excluding hydrogens is 388 g/mol. The third kappa shape index (κ3) is 5.67. The first-order chi connectivity index (χ1) is 15.3. The number of urea groups is 1. The molecule has 0 saturated heterocycles. The molecule has 0 atom stereocenters. The molecule has 0 fully saturated rings. The maximum atomic E-state index is 12.1. The Balaban J connectivity index is 1.32. The van der Waals surface area contributed by atoms with E-state index in [0.29, 0.717) is 18.8 Å². The number of hydrogen-bond acceptors (Lipinski definition) is 4. The molecule has 6 heteroatoms. The molecule has 2 heterocycles. The smallest absolute Gasteiger partial charge is 0.319 e. The van der Waals surface area contributed by atoms with Crippen molar-refractivity contribution >= 4 is 11.7 Å². The zero-order valence-electron chi connectivity index (χ0n) is 16.9. The van der Waals surface area contributed by atoms with E-state index in [1.165, 1.54) is 0 Å². The summed E-state index contributed by atoms with van der Waals surface area (Å²) in [5.41, 5.74) is 4.85. The van der Waals surface area contributed by atoms with Gasteiger partial charge in [-0.15, -0.1) is 0 Å². The number of amides is 2. The SMILES string of the molecule is O=C(NCc1cccnc1)Nc1ccc(OCc2ccccc2-c2cccnc2)cc1. The van der Waals surface area contributed by atoms with Gasteiger partial charge in [-0.25, -0.2) is 4.79 Å². The molecule has 6 nitrogen and oxygen atoms in total. The van der Waals surface area contributed by atoms with E-state index in [4.69, 9.17) is 4.74 Å². The zero-order valence-corrected chi connectivity index (χ0v) is 16.9. The molecule has 31 heavy (non-hydrogen) atoms. The van der Waals surface area contributed by atoms with Crippen LogP contribution in [0.15, 0.2) is 97.6 Å². The number of nitrogens with one attached hydrogen (secondary N) is 2. The number of aromatic nitrogens is 2. The maximum absolute atomic E-state index is 12.1. The van der Waals surface area contributed by atoms with E-state index in [9.17, 15) is 4.79 Å². The summed E-state index contributed by atoms with van der Waals surface area (Å²) >= 11 is 0. The van der Waals surface area contributed by atoms with Crippen molar-refractivity contribution in [3.05, 3.63) is 109 Å². The van der Waals surface area contributed by atoms with Crippen LogP contribution in [0.3, 0.4) is 0 Å². The van der Waals surface area contributed by atoms with Gasteiger partial charge in [0.15, 0.2) is 0 Å². The molecule has 0 aliphatic carbocycles. The highest BCUT2D eigenvalue weighted by molar-refractivity contribution is 5.89. The van der Waals surface area contributed by atoms with Gasteiger partial charge < -0.3 is 15.4 Å².